The van der Waals surface area contributed by atoms with Crippen LogP contribution >= 0.6 is 39.3 Å². The number of benzene rings is 2. The summed E-state index contributed by atoms with van der Waals surface area (Å²) in [5, 5.41) is 3.22. The van der Waals surface area contributed by atoms with Gasteiger partial charge in [-0.2, -0.15) is 0 Å². The van der Waals surface area contributed by atoms with E-state index in [0.717, 1.165) is 21.4 Å². The zero-order valence-corrected chi connectivity index (χ0v) is 18.4. The highest BCUT2D eigenvalue weighted by Gasteiger charge is 2.25. The molecule has 0 bridgehead atoms. The summed E-state index contributed by atoms with van der Waals surface area (Å²) in [6, 6.07) is 14.8. The predicted octanol–water partition coefficient (Wildman–Crippen LogP) is 4.50. The van der Waals surface area contributed by atoms with Crippen LogP contribution in [0.25, 0.3) is 0 Å². The van der Waals surface area contributed by atoms with Crippen molar-refractivity contribution in [2.24, 2.45) is 0 Å². The van der Waals surface area contributed by atoms with Gasteiger partial charge in [-0.1, -0.05) is 51.8 Å². The van der Waals surface area contributed by atoms with Gasteiger partial charge in [-0.05, 0) is 42.3 Å². The number of carbonyl (C=O) groups is 2. The highest BCUT2D eigenvalue weighted by atomic mass is 79.9. The average molecular weight is 470 g/mol. The van der Waals surface area contributed by atoms with Crippen LogP contribution in [0.1, 0.15) is 18.1 Å². The molecule has 0 saturated heterocycles. The van der Waals surface area contributed by atoms with E-state index < -0.39 is 6.04 Å². The van der Waals surface area contributed by atoms with E-state index in [1.165, 1.54) is 11.8 Å². The molecule has 0 aliphatic rings. The van der Waals surface area contributed by atoms with Gasteiger partial charge in [0.25, 0.3) is 0 Å². The lowest BCUT2D eigenvalue weighted by Gasteiger charge is -2.28. The molecule has 0 radical (unpaired) electrons. The second-order valence-corrected chi connectivity index (χ2v) is 8.40. The molecular weight excluding hydrogens is 448 g/mol. The highest BCUT2D eigenvalue weighted by molar-refractivity contribution is 9.10. The van der Waals surface area contributed by atoms with Gasteiger partial charge in [-0.25, -0.2) is 0 Å². The minimum Gasteiger partial charge on any atom is -0.357 e. The van der Waals surface area contributed by atoms with Crippen LogP contribution < -0.4 is 5.32 Å². The van der Waals surface area contributed by atoms with Crippen LogP contribution in [0.3, 0.4) is 0 Å². The molecule has 2 aromatic carbocycles. The van der Waals surface area contributed by atoms with E-state index >= 15 is 0 Å². The third-order valence-corrected chi connectivity index (χ3v) is 5.82. The Bertz CT molecular complexity index is 786. The molecule has 0 saturated carbocycles. The molecule has 0 fully saturated rings. The lowest BCUT2D eigenvalue weighted by molar-refractivity contribution is -0.138. The average Bonchev–Trinajstić information content (AvgIpc) is 2.66. The van der Waals surface area contributed by atoms with Crippen molar-refractivity contribution in [1.29, 1.82) is 0 Å². The van der Waals surface area contributed by atoms with Crippen LogP contribution in [-0.2, 0) is 21.9 Å². The number of rotatable bonds is 8. The van der Waals surface area contributed by atoms with E-state index in [0.29, 0.717) is 17.3 Å². The van der Waals surface area contributed by atoms with Gasteiger partial charge in [-0.3, -0.25) is 9.59 Å². The molecule has 7 heteroatoms. The van der Waals surface area contributed by atoms with Crippen LogP contribution in [-0.4, -0.2) is 35.6 Å². The fourth-order valence-electron chi connectivity index (χ4n) is 2.54. The van der Waals surface area contributed by atoms with Gasteiger partial charge in [0.15, 0.2) is 0 Å². The molecule has 2 rings (SSSR count). The molecule has 2 amide bonds. The Balaban J connectivity index is 2.03. The quantitative estimate of drug-likeness (QED) is 0.619. The predicted molar refractivity (Wildman–Crippen MR) is 116 cm³/mol. The van der Waals surface area contributed by atoms with E-state index in [4.69, 9.17) is 11.6 Å². The number of thioether (sulfide) groups is 1. The topological polar surface area (TPSA) is 49.4 Å². The van der Waals surface area contributed by atoms with Gasteiger partial charge < -0.3 is 10.2 Å². The van der Waals surface area contributed by atoms with Crippen molar-refractivity contribution < 1.29 is 9.59 Å². The Morgan fingerprint density at radius 2 is 1.89 bits per heavy atom. The van der Waals surface area contributed by atoms with E-state index in [2.05, 4.69) is 21.2 Å². The van der Waals surface area contributed by atoms with Crippen molar-refractivity contribution in [3.8, 4) is 0 Å². The van der Waals surface area contributed by atoms with Gasteiger partial charge in [0.2, 0.25) is 11.8 Å². The van der Waals surface area contributed by atoms with E-state index in [1.54, 1.807) is 24.9 Å². The molecule has 0 spiro atoms. The Morgan fingerprint density at radius 3 is 2.52 bits per heavy atom. The summed E-state index contributed by atoms with van der Waals surface area (Å²) >= 11 is 11.0. The summed E-state index contributed by atoms with van der Waals surface area (Å²) in [7, 11) is 1.57. The molecule has 144 valence electrons. The fraction of sp³-hybridized carbons (Fsp3) is 0.300. The zero-order chi connectivity index (χ0) is 19.8. The largest absolute Gasteiger partial charge is 0.357 e. The van der Waals surface area contributed by atoms with E-state index in [-0.39, 0.29) is 11.8 Å². The first-order chi connectivity index (χ1) is 12.9. The van der Waals surface area contributed by atoms with Gasteiger partial charge in [0, 0.05) is 28.8 Å². The molecule has 2 aromatic rings. The molecule has 0 aromatic heterocycles. The summed E-state index contributed by atoms with van der Waals surface area (Å²) in [5.74, 6) is 0.771. The summed E-state index contributed by atoms with van der Waals surface area (Å²) < 4.78 is 1.03. The van der Waals surface area contributed by atoms with Crippen molar-refractivity contribution in [3.05, 3.63) is 69.2 Å². The minimum absolute atomic E-state index is 0.0758. The maximum absolute atomic E-state index is 12.8. The number of hydrogen-bond acceptors (Lipinski definition) is 3. The number of hydrogen-bond donors (Lipinski definition) is 1. The lowest BCUT2D eigenvalue weighted by atomic mass is 10.1. The van der Waals surface area contributed by atoms with Crippen LogP contribution in [0.5, 0.6) is 0 Å². The summed E-state index contributed by atoms with van der Waals surface area (Å²) in [6.45, 7) is 2.08. The van der Waals surface area contributed by atoms with Crippen LogP contribution in [0, 0.1) is 0 Å². The van der Waals surface area contributed by atoms with Crippen molar-refractivity contribution in [2.75, 3.05) is 12.8 Å². The maximum Gasteiger partial charge on any atom is 0.242 e. The smallest absolute Gasteiger partial charge is 0.242 e. The zero-order valence-electron chi connectivity index (χ0n) is 15.2. The molecule has 0 unspecified atom stereocenters. The first kappa shape index (κ1) is 21.8. The van der Waals surface area contributed by atoms with Crippen LogP contribution in [0.4, 0.5) is 0 Å². The Hall–Kier alpha value is -1.50. The molecule has 0 aliphatic heterocycles. The van der Waals surface area contributed by atoms with Gasteiger partial charge in [-0.15, -0.1) is 11.8 Å². The second-order valence-electron chi connectivity index (χ2n) is 6.06. The van der Waals surface area contributed by atoms with E-state index in [9.17, 15) is 9.59 Å². The number of likely N-dealkylation sites (N-methyl/N-ethyl adjacent to an activating group) is 1. The maximum atomic E-state index is 12.8. The number of carbonyl (C=O) groups excluding carboxylic acids is 2. The highest BCUT2D eigenvalue weighted by Crippen LogP contribution is 2.19. The van der Waals surface area contributed by atoms with Gasteiger partial charge in [0.05, 0.1) is 5.75 Å². The summed E-state index contributed by atoms with van der Waals surface area (Å²) in [5.41, 5.74) is 2.04. The van der Waals surface area contributed by atoms with Crippen molar-refractivity contribution in [1.82, 2.24) is 10.2 Å². The molecule has 0 heterocycles. The van der Waals surface area contributed by atoms with Crippen molar-refractivity contribution in [2.45, 2.75) is 25.3 Å². The normalized spacial score (nSPS) is 11.7. The number of nitrogens with zero attached hydrogens (tertiary/aromatic N) is 1. The van der Waals surface area contributed by atoms with Gasteiger partial charge >= 0.3 is 0 Å². The summed E-state index contributed by atoms with van der Waals surface area (Å²) in [6.07, 6.45) is 0. The Kier molecular flexibility index (Phi) is 8.67. The first-order valence-electron chi connectivity index (χ1n) is 8.48. The molecule has 1 atom stereocenters. The number of amides is 2. The molecule has 1 N–H and O–H groups in total. The van der Waals surface area contributed by atoms with Crippen LogP contribution in [0.15, 0.2) is 53.0 Å². The molecular formula is C20H22BrClN2O2S. The third-order valence-electron chi connectivity index (χ3n) is 4.06. The van der Waals surface area contributed by atoms with E-state index in [1.807, 2.05) is 42.5 Å². The second kappa shape index (κ2) is 10.7. The number of halogens is 2. The first-order valence-corrected chi connectivity index (χ1v) is 10.8. The molecule has 4 nitrogen and oxygen atoms in total. The molecule has 0 aliphatic carbocycles. The fourth-order valence-corrected chi connectivity index (χ4v) is 3.89. The van der Waals surface area contributed by atoms with Crippen molar-refractivity contribution >= 4 is 51.1 Å². The Morgan fingerprint density at radius 1 is 1.19 bits per heavy atom. The monoisotopic (exact) mass is 468 g/mol. The third kappa shape index (κ3) is 6.87. The van der Waals surface area contributed by atoms with Gasteiger partial charge in [0.1, 0.15) is 6.04 Å². The lowest BCUT2D eigenvalue weighted by Crippen LogP contribution is -2.47. The Labute approximate surface area is 177 Å². The standard InChI is InChI=1S/C20H22BrClN2O2S/c1-14(20(26)23-2)24(11-16-4-3-5-18(22)10-16)19(25)13-27-12-15-6-8-17(21)9-7-15/h3-10,14H,11-13H2,1-2H3,(H,23,26)/t14-/m1/s1. The van der Waals surface area contributed by atoms with Crippen molar-refractivity contribution in [3.63, 3.8) is 0 Å². The summed E-state index contributed by atoms with van der Waals surface area (Å²) in [4.78, 5) is 26.5. The SMILES string of the molecule is CNC(=O)[C@@H](C)N(Cc1cccc(Cl)c1)C(=O)CSCc1ccc(Br)cc1. The number of nitrogens with one attached hydrogen (secondary N) is 1. The minimum atomic E-state index is -0.560. The molecule has 27 heavy (non-hydrogen) atoms. The van der Waals surface area contributed by atoms with Crippen LogP contribution in [0.2, 0.25) is 5.02 Å².